The highest BCUT2D eigenvalue weighted by Crippen LogP contribution is 2.25. The maximum absolute atomic E-state index is 5.80. The fourth-order valence-electron chi connectivity index (χ4n) is 1.59. The zero-order valence-corrected chi connectivity index (χ0v) is 9.86. The molecule has 0 saturated carbocycles. The summed E-state index contributed by atoms with van der Waals surface area (Å²) in [6, 6.07) is 6.10. The quantitative estimate of drug-likeness (QED) is 0.732. The van der Waals surface area contributed by atoms with Crippen LogP contribution in [0.25, 0.3) is 0 Å². The Balaban J connectivity index is 2.35. The standard InChI is InChI=1S/C12H15N5/c1-7-3-4-9(8(2)5-7)17-12-10(13)11(14)15-6-16-12/h3-6H,13H2,1-2H3,(H3,14,15,16,17). The Morgan fingerprint density at radius 3 is 2.59 bits per heavy atom. The van der Waals surface area contributed by atoms with E-state index in [4.69, 9.17) is 11.5 Å². The molecule has 88 valence electrons. The zero-order chi connectivity index (χ0) is 12.4. The Bertz CT molecular complexity index is 551. The number of hydrogen-bond acceptors (Lipinski definition) is 5. The van der Waals surface area contributed by atoms with Gasteiger partial charge in [-0.3, -0.25) is 0 Å². The summed E-state index contributed by atoms with van der Waals surface area (Å²) in [4.78, 5) is 7.89. The molecule has 0 spiro atoms. The van der Waals surface area contributed by atoms with Crippen molar-refractivity contribution in [3.63, 3.8) is 0 Å². The van der Waals surface area contributed by atoms with Gasteiger partial charge in [0, 0.05) is 5.69 Å². The van der Waals surface area contributed by atoms with Crippen molar-refractivity contribution >= 4 is 23.0 Å². The molecular weight excluding hydrogens is 214 g/mol. The monoisotopic (exact) mass is 229 g/mol. The minimum atomic E-state index is 0.285. The van der Waals surface area contributed by atoms with Crippen LogP contribution in [0, 0.1) is 13.8 Å². The smallest absolute Gasteiger partial charge is 0.159 e. The predicted octanol–water partition coefficient (Wildman–Crippen LogP) is 2.00. The Kier molecular flexibility index (Phi) is 2.82. The summed E-state index contributed by atoms with van der Waals surface area (Å²) in [5, 5.41) is 3.15. The molecule has 2 rings (SSSR count). The van der Waals surface area contributed by atoms with Crippen LogP contribution in [0.15, 0.2) is 24.5 Å². The number of nitrogens with one attached hydrogen (secondary N) is 1. The van der Waals surface area contributed by atoms with E-state index in [0.29, 0.717) is 11.5 Å². The SMILES string of the molecule is Cc1ccc(Nc2ncnc(N)c2N)c(C)c1. The molecule has 2 aromatic rings. The summed E-state index contributed by atoms with van der Waals surface area (Å²) in [5.74, 6) is 0.816. The first-order valence-electron chi connectivity index (χ1n) is 5.28. The minimum absolute atomic E-state index is 0.285. The Hall–Kier alpha value is -2.30. The summed E-state index contributed by atoms with van der Waals surface area (Å²) in [5.41, 5.74) is 15.1. The van der Waals surface area contributed by atoms with Crippen molar-refractivity contribution in [2.24, 2.45) is 0 Å². The average molecular weight is 229 g/mol. The third kappa shape index (κ3) is 2.28. The molecular formula is C12H15N5. The molecule has 1 aromatic heterocycles. The van der Waals surface area contributed by atoms with Crippen molar-refractivity contribution in [3.05, 3.63) is 35.7 Å². The summed E-state index contributed by atoms with van der Waals surface area (Å²) in [6.45, 7) is 4.07. The van der Waals surface area contributed by atoms with Crippen LogP contribution >= 0.6 is 0 Å². The van der Waals surface area contributed by atoms with E-state index in [9.17, 15) is 0 Å². The van der Waals surface area contributed by atoms with Crippen molar-refractivity contribution in [2.75, 3.05) is 16.8 Å². The zero-order valence-electron chi connectivity index (χ0n) is 9.86. The van der Waals surface area contributed by atoms with E-state index in [-0.39, 0.29) is 5.82 Å². The summed E-state index contributed by atoms with van der Waals surface area (Å²) < 4.78 is 0. The molecule has 5 nitrogen and oxygen atoms in total. The van der Waals surface area contributed by atoms with Gasteiger partial charge < -0.3 is 16.8 Å². The van der Waals surface area contributed by atoms with Crippen LogP contribution in [0.2, 0.25) is 0 Å². The molecule has 0 aliphatic rings. The molecule has 17 heavy (non-hydrogen) atoms. The van der Waals surface area contributed by atoms with Gasteiger partial charge in [-0.1, -0.05) is 17.7 Å². The van der Waals surface area contributed by atoms with Gasteiger partial charge in [0.05, 0.1) is 0 Å². The van der Waals surface area contributed by atoms with Crippen molar-refractivity contribution in [3.8, 4) is 0 Å². The van der Waals surface area contributed by atoms with Gasteiger partial charge in [0.25, 0.3) is 0 Å². The molecule has 1 aromatic carbocycles. The first kappa shape index (κ1) is 11.2. The number of aryl methyl sites for hydroxylation is 2. The Morgan fingerprint density at radius 2 is 1.88 bits per heavy atom. The average Bonchev–Trinajstić information content (AvgIpc) is 2.28. The fraction of sp³-hybridized carbons (Fsp3) is 0.167. The fourth-order valence-corrected chi connectivity index (χ4v) is 1.59. The highest BCUT2D eigenvalue weighted by molar-refractivity contribution is 5.77. The van der Waals surface area contributed by atoms with Crippen LogP contribution in [-0.4, -0.2) is 9.97 Å². The molecule has 0 fully saturated rings. The lowest BCUT2D eigenvalue weighted by molar-refractivity contribution is 1.18. The van der Waals surface area contributed by atoms with Crippen molar-refractivity contribution < 1.29 is 0 Å². The summed E-state index contributed by atoms with van der Waals surface area (Å²) >= 11 is 0. The van der Waals surface area contributed by atoms with Gasteiger partial charge in [0.2, 0.25) is 0 Å². The number of anilines is 4. The third-order valence-corrected chi connectivity index (χ3v) is 2.55. The van der Waals surface area contributed by atoms with Crippen LogP contribution in [0.3, 0.4) is 0 Å². The highest BCUT2D eigenvalue weighted by atomic mass is 15.1. The molecule has 0 atom stereocenters. The number of hydrogen-bond donors (Lipinski definition) is 3. The summed E-state index contributed by atoms with van der Waals surface area (Å²) in [7, 11) is 0. The number of nitrogen functional groups attached to an aromatic ring is 2. The highest BCUT2D eigenvalue weighted by Gasteiger charge is 2.06. The third-order valence-electron chi connectivity index (χ3n) is 2.55. The number of rotatable bonds is 2. The maximum atomic E-state index is 5.80. The molecule has 0 aliphatic heterocycles. The number of nitrogens with two attached hydrogens (primary N) is 2. The normalized spacial score (nSPS) is 10.2. The maximum Gasteiger partial charge on any atom is 0.159 e. The van der Waals surface area contributed by atoms with E-state index in [2.05, 4.69) is 21.4 Å². The molecule has 0 saturated heterocycles. The van der Waals surface area contributed by atoms with Crippen molar-refractivity contribution in [2.45, 2.75) is 13.8 Å². The van der Waals surface area contributed by atoms with Crippen LogP contribution in [-0.2, 0) is 0 Å². The molecule has 0 radical (unpaired) electrons. The molecule has 0 unspecified atom stereocenters. The first-order chi connectivity index (χ1) is 8.08. The predicted molar refractivity (Wildman–Crippen MR) is 70.1 cm³/mol. The van der Waals surface area contributed by atoms with E-state index in [0.717, 1.165) is 11.3 Å². The Morgan fingerprint density at radius 1 is 1.12 bits per heavy atom. The van der Waals surface area contributed by atoms with Crippen LogP contribution in [0.1, 0.15) is 11.1 Å². The van der Waals surface area contributed by atoms with E-state index in [1.54, 1.807) is 0 Å². The van der Waals surface area contributed by atoms with E-state index in [1.165, 1.54) is 11.9 Å². The van der Waals surface area contributed by atoms with Gasteiger partial charge in [-0.25, -0.2) is 9.97 Å². The topological polar surface area (TPSA) is 89.8 Å². The molecule has 0 amide bonds. The molecule has 1 heterocycles. The first-order valence-corrected chi connectivity index (χ1v) is 5.28. The van der Waals surface area contributed by atoms with Gasteiger partial charge in [0.15, 0.2) is 11.6 Å². The Labute approximate surface area is 99.9 Å². The second kappa shape index (κ2) is 4.29. The van der Waals surface area contributed by atoms with Crippen LogP contribution in [0.4, 0.5) is 23.0 Å². The van der Waals surface area contributed by atoms with E-state index >= 15 is 0 Å². The summed E-state index contributed by atoms with van der Waals surface area (Å²) in [6.07, 6.45) is 1.39. The van der Waals surface area contributed by atoms with E-state index < -0.39 is 0 Å². The largest absolute Gasteiger partial charge is 0.393 e. The molecule has 5 heteroatoms. The lowest BCUT2D eigenvalue weighted by atomic mass is 10.1. The van der Waals surface area contributed by atoms with Gasteiger partial charge in [-0.15, -0.1) is 0 Å². The van der Waals surface area contributed by atoms with Gasteiger partial charge in [0.1, 0.15) is 12.0 Å². The minimum Gasteiger partial charge on any atom is -0.393 e. The van der Waals surface area contributed by atoms with Gasteiger partial charge in [-0.05, 0) is 25.5 Å². The number of nitrogens with zero attached hydrogens (tertiary/aromatic N) is 2. The van der Waals surface area contributed by atoms with Crippen LogP contribution < -0.4 is 16.8 Å². The molecule has 0 bridgehead atoms. The molecule has 0 aliphatic carbocycles. The second-order valence-electron chi connectivity index (χ2n) is 3.96. The van der Waals surface area contributed by atoms with Crippen molar-refractivity contribution in [1.29, 1.82) is 0 Å². The van der Waals surface area contributed by atoms with Crippen molar-refractivity contribution in [1.82, 2.24) is 9.97 Å². The number of benzene rings is 1. The van der Waals surface area contributed by atoms with E-state index in [1.807, 2.05) is 26.0 Å². The number of aromatic nitrogens is 2. The van der Waals surface area contributed by atoms with Crippen LogP contribution in [0.5, 0.6) is 0 Å². The second-order valence-corrected chi connectivity index (χ2v) is 3.96. The molecule has 5 N–H and O–H groups in total. The lowest BCUT2D eigenvalue weighted by Gasteiger charge is -2.11. The van der Waals surface area contributed by atoms with Gasteiger partial charge >= 0.3 is 0 Å². The van der Waals surface area contributed by atoms with Gasteiger partial charge in [-0.2, -0.15) is 0 Å². The lowest BCUT2D eigenvalue weighted by Crippen LogP contribution is -2.05.